The molecular formula is C25H35N4O3+. The lowest BCUT2D eigenvalue weighted by molar-refractivity contribution is -0.776. The van der Waals surface area contributed by atoms with Gasteiger partial charge in [0, 0.05) is 18.1 Å². The van der Waals surface area contributed by atoms with Crippen molar-refractivity contribution in [2.24, 2.45) is 45.5 Å². The number of fused-ring (bicyclic) bond motifs is 1. The highest BCUT2D eigenvalue weighted by atomic mass is 16.3. The van der Waals surface area contributed by atoms with Crippen molar-refractivity contribution >= 4 is 17.6 Å². The fourth-order valence-electron chi connectivity index (χ4n) is 8.06. The van der Waals surface area contributed by atoms with Gasteiger partial charge in [-0.2, -0.15) is 4.99 Å². The second kappa shape index (κ2) is 7.66. The van der Waals surface area contributed by atoms with Gasteiger partial charge in [0.05, 0.1) is 6.61 Å². The lowest BCUT2D eigenvalue weighted by atomic mass is 9.48. The van der Waals surface area contributed by atoms with E-state index in [0.717, 1.165) is 30.6 Å². The van der Waals surface area contributed by atoms with Crippen molar-refractivity contribution in [3.05, 3.63) is 35.8 Å². The molecule has 2 heterocycles. The molecule has 4 fully saturated rings. The van der Waals surface area contributed by atoms with Crippen molar-refractivity contribution in [3.8, 4) is 0 Å². The third-order valence-corrected chi connectivity index (χ3v) is 9.01. The Bertz CT molecular complexity index is 927. The predicted molar refractivity (Wildman–Crippen MR) is 121 cm³/mol. The molecule has 2 unspecified atom stereocenters. The van der Waals surface area contributed by atoms with Gasteiger partial charge in [0.25, 0.3) is 5.91 Å². The number of carbonyl (C=O) groups excluding carboxylic acids is 2. The predicted octanol–water partition coefficient (Wildman–Crippen LogP) is 2.47. The number of aliphatic imine (C=N–C) groups is 1. The summed E-state index contributed by atoms with van der Waals surface area (Å²) in [5.74, 6) is 2.08. The summed E-state index contributed by atoms with van der Waals surface area (Å²) >= 11 is 0. The number of nitrogens with zero attached hydrogens (tertiary/aromatic N) is 2. The Hall–Kier alpha value is -2.25. The lowest BCUT2D eigenvalue weighted by Gasteiger charge is -2.57. The Morgan fingerprint density at radius 3 is 2.31 bits per heavy atom. The maximum Gasteiger partial charge on any atom is 0.303 e. The van der Waals surface area contributed by atoms with Gasteiger partial charge in [-0.3, -0.25) is 9.59 Å². The van der Waals surface area contributed by atoms with Crippen LogP contribution in [-0.4, -0.2) is 39.9 Å². The zero-order valence-corrected chi connectivity index (χ0v) is 18.9. The summed E-state index contributed by atoms with van der Waals surface area (Å²) in [5.41, 5.74) is 12.2. The molecular weight excluding hydrogens is 404 g/mol. The van der Waals surface area contributed by atoms with Crippen LogP contribution in [0.5, 0.6) is 0 Å². The molecule has 0 aromatic heterocycles. The molecule has 4 aliphatic carbocycles. The third kappa shape index (κ3) is 3.28. The summed E-state index contributed by atoms with van der Waals surface area (Å²) in [6, 6.07) is -0.372. The van der Waals surface area contributed by atoms with E-state index in [0.29, 0.717) is 16.9 Å². The SMILES string of the molecule is CC(CCC12CC3CC(CC(C3)C1)C2)[C@H](CO)[N+]12C=C(C(N)=O)N=C1C=CC=C2C(N)=O. The first-order valence-electron chi connectivity index (χ1n) is 12.1. The monoisotopic (exact) mass is 439 g/mol. The summed E-state index contributed by atoms with van der Waals surface area (Å²) in [5, 5.41) is 10.6. The number of aliphatic hydroxyl groups excluding tert-OH is 1. The highest BCUT2D eigenvalue weighted by Gasteiger charge is 2.54. The van der Waals surface area contributed by atoms with Crippen molar-refractivity contribution in [1.82, 2.24) is 0 Å². The second-order valence-electron chi connectivity index (χ2n) is 11.1. The van der Waals surface area contributed by atoms with Crippen LogP contribution in [0.15, 0.2) is 40.8 Å². The van der Waals surface area contributed by atoms with Crippen LogP contribution < -0.4 is 11.5 Å². The molecule has 7 nitrogen and oxygen atoms in total. The minimum absolute atomic E-state index is 0.0935. The molecule has 0 aromatic rings. The number of nitrogens with two attached hydrogens (primary N) is 2. The quantitative estimate of drug-likeness (QED) is 0.504. The number of hydrogen-bond acceptors (Lipinski definition) is 4. The van der Waals surface area contributed by atoms with E-state index in [-0.39, 0.29) is 28.7 Å². The number of aliphatic hydroxyl groups is 1. The van der Waals surface area contributed by atoms with Crippen molar-refractivity contribution in [2.75, 3.05) is 6.61 Å². The molecule has 6 rings (SSSR count). The molecule has 0 saturated heterocycles. The number of hydrogen-bond donors (Lipinski definition) is 3. The molecule has 0 spiro atoms. The van der Waals surface area contributed by atoms with Gasteiger partial charge in [-0.05, 0) is 80.6 Å². The van der Waals surface area contributed by atoms with Gasteiger partial charge in [-0.25, -0.2) is 4.48 Å². The Morgan fingerprint density at radius 1 is 1.16 bits per heavy atom. The molecule has 4 bridgehead atoms. The van der Waals surface area contributed by atoms with E-state index in [1.165, 1.54) is 38.5 Å². The molecule has 6 aliphatic rings. The summed E-state index contributed by atoms with van der Waals surface area (Å²) in [6.45, 7) is 1.99. The van der Waals surface area contributed by atoms with Crippen LogP contribution in [0.1, 0.15) is 58.3 Å². The van der Waals surface area contributed by atoms with Crippen LogP contribution in [-0.2, 0) is 9.59 Å². The standard InChI is InChI=1S/C25H34N4O3/c1-15(5-6-25-10-16-7-17(11-25)9-18(8-16)12-25)21(14-30)29-13-19(23(26)31)28-22(29)4-2-3-20(29)24(27)32/h2-4,13,15-18,21,30H,5-12,14H2,1H3,(H3-,26,27,31,32)/p+1/t15?,16?,17?,18?,21-,25?,29?/m0/s1. The van der Waals surface area contributed by atoms with Gasteiger partial charge in [-0.1, -0.05) is 6.92 Å². The minimum Gasteiger partial charge on any atom is -0.390 e. The Balaban J connectivity index is 1.42. The van der Waals surface area contributed by atoms with Crippen molar-refractivity contribution in [1.29, 1.82) is 0 Å². The molecule has 4 saturated carbocycles. The van der Waals surface area contributed by atoms with Gasteiger partial charge < -0.3 is 16.6 Å². The first-order valence-corrected chi connectivity index (χ1v) is 12.1. The number of carbonyl (C=O) groups is 2. The van der Waals surface area contributed by atoms with E-state index in [4.69, 9.17) is 11.5 Å². The molecule has 2 aliphatic heterocycles. The third-order valence-electron chi connectivity index (χ3n) is 9.01. The van der Waals surface area contributed by atoms with Gasteiger partial charge >= 0.3 is 5.91 Å². The number of primary amides is 2. The van der Waals surface area contributed by atoms with E-state index in [1.807, 2.05) is 0 Å². The molecule has 7 heteroatoms. The molecule has 3 atom stereocenters. The maximum absolute atomic E-state index is 12.4. The summed E-state index contributed by atoms with van der Waals surface area (Å²) in [4.78, 5) is 28.8. The van der Waals surface area contributed by atoms with E-state index in [1.54, 1.807) is 24.4 Å². The number of amides is 2. The highest BCUT2D eigenvalue weighted by molar-refractivity contribution is 6.04. The van der Waals surface area contributed by atoms with E-state index in [2.05, 4.69) is 11.9 Å². The molecule has 172 valence electrons. The van der Waals surface area contributed by atoms with Crippen LogP contribution in [0.3, 0.4) is 0 Å². The Kier molecular flexibility index (Phi) is 5.17. The minimum atomic E-state index is -0.653. The van der Waals surface area contributed by atoms with Crippen LogP contribution in [0.25, 0.3) is 0 Å². The molecule has 5 N–H and O–H groups in total. The topological polar surface area (TPSA) is 119 Å². The number of amidine groups is 1. The van der Waals surface area contributed by atoms with Crippen molar-refractivity contribution in [3.63, 3.8) is 0 Å². The number of rotatable bonds is 8. The van der Waals surface area contributed by atoms with E-state index >= 15 is 0 Å². The van der Waals surface area contributed by atoms with Crippen molar-refractivity contribution in [2.45, 2.75) is 64.3 Å². The van der Waals surface area contributed by atoms with Gasteiger partial charge in [0.1, 0.15) is 12.2 Å². The highest BCUT2D eigenvalue weighted by Crippen LogP contribution is 2.62. The number of allylic oxidation sites excluding steroid dienone is 2. The fourth-order valence-corrected chi connectivity index (χ4v) is 8.06. The first kappa shape index (κ1) is 21.6. The molecule has 32 heavy (non-hydrogen) atoms. The Labute approximate surface area is 189 Å². The molecule has 2 amide bonds. The van der Waals surface area contributed by atoms with Gasteiger partial charge in [-0.15, -0.1) is 0 Å². The zero-order chi connectivity index (χ0) is 22.7. The molecule has 0 radical (unpaired) electrons. The van der Waals surface area contributed by atoms with Crippen LogP contribution in [0.2, 0.25) is 0 Å². The first-order chi connectivity index (χ1) is 15.3. The average molecular weight is 440 g/mol. The van der Waals surface area contributed by atoms with Crippen LogP contribution >= 0.6 is 0 Å². The maximum atomic E-state index is 12.4. The second-order valence-corrected chi connectivity index (χ2v) is 11.1. The summed E-state index contributed by atoms with van der Waals surface area (Å²) in [7, 11) is 0. The largest absolute Gasteiger partial charge is 0.390 e. The van der Waals surface area contributed by atoms with E-state index < -0.39 is 11.8 Å². The summed E-state index contributed by atoms with van der Waals surface area (Å²) < 4.78 is -0.122. The number of quaternary nitrogens is 1. The summed E-state index contributed by atoms with van der Waals surface area (Å²) in [6.07, 6.45) is 17.2. The van der Waals surface area contributed by atoms with E-state index in [9.17, 15) is 14.7 Å². The fraction of sp³-hybridized carbons (Fsp3) is 0.640. The van der Waals surface area contributed by atoms with Crippen LogP contribution in [0, 0.1) is 29.1 Å². The van der Waals surface area contributed by atoms with Gasteiger partial charge in [0.2, 0.25) is 11.5 Å². The zero-order valence-electron chi connectivity index (χ0n) is 18.9. The van der Waals surface area contributed by atoms with Crippen LogP contribution in [0.4, 0.5) is 0 Å². The van der Waals surface area contributed by atoms with Crippen molar-refractivity contribution < 1.29 is 19.2 Å². The average Bonchev–Trinajstić information content (AvgIpc) is 3.12. The normalized spacial score (nSPS) is 38.6. The molecule has 0 aromatic carbocycles. The van der Waals surface area contributed by atoms with Gasteiger partial charge in [0.15, 0.2) is 5.70 Å². The Morgan fingerprint density at radius 2 is 1.78 bits per heavy atom. The lowest BCUT2D eigenvalue weighted by Crippen LogP contribution is -2.60. The smallest absolute Gasteiger partial charge is 0.303 e.